The van der Waals surface area contributed by atoms with Crippen LogP contribution in [0.25, 0.3) is 22.0 Å². The summed E-state index contributed by atoms with van der Waals surface area (Å²) in [5, 5.41) is 11.0. The van der Waals surface area contributed by atoms with E-state index in [0.717, 1.165) is 66.9 Å². The molecule has 1 saturated heterocycles. The zero-order valence-corrected chi connectivity index (χ0v) is 21.0. The molecule has 1 aliphatic rings. The van der Waals surface area contributed by atoms with Crippen molar-refractivity contribution < 1.29 is 4.79 Å². The van der Waals surface area contributed by atoms with Gasteiger partial charge in [0.25, 0.3) is 5.91 Å². The fourth-order valence-corrected chi connectivity index (χ4v) is 4.56. The van der Waals surface area contributed by atoms with Crippen LogP contribution in [0.4, 0.5) is 5.69 Å². The van der Waals surface area contributed by atoms with Crippen LogP contribution in [-0.2, 0) is 13.1 Å². The molecular formula is C27H32N8O. The first kappa shape index (κ1) is 24.1. The molecule has 0 spiro atoms. The van der Waals surface area contributed by atoms with E-state index in [1.54, 1.807) is 12.4 Å². The van der Waals surface area contributed by atoms with Gasteiger partial charge in [0, 0.05) is 68.8 Å². The minimum absolute atomic E-state index is 0.274. The Bertz CT molecular complexity index is 1360. The molecule has 9 nitrogen and oxygen atoms in total. The lowest BCUT2D eigenvalue weighted by Gasteiger charge is -2.32. The minimum atomic E-state index is -0.274. The summed E-state index contributed by atoms with van der Waals surface area (Å²) in [6, 6.07) is 10.1. The molecule has 0 saturated carbocycles. The minimum Gasteiger partial charge on any atom is -0.319 e. The second-order valence-corrected chi connectivity index (χ2v) is 9.77. The van der Waals surface area contributed by atoms with Crippen LogP contribution in [0.5, 0.6) is 0 Å². The third-order valence-corrected chi connectivity index (χ3v) is 6.46. The zero-order valence-electron chi connectivity index (χ0n) is 21.0. The number of nitrogens with one attached hydrogen (secondary N) is 2. The van der Waals surface area contributed by atoms with Crippen molar-refractivity contribution in [3.05, 3.63) is 71.9 Å². The largest absolute Gasteiger partial charge is 0.319 e. The molecule has 4 aromatic rings. The number of benzene rings is 1. The maximum absolute atomic E-state index is 13.1. The van der Waals surface area contributed by atoms with E-state index in [9.17, 15) is 4.79 Å². The molecule has 1 fully saturated rings. The van der Waals surface area contributed by atoms with Crippen molar-refractivity contribution in [1.29, 1.82) is 0 Å². The van der Waals surface area contributed by atoms with Crippen LogP contribution in [0, 0.1) is 0 Å². The van der Waals surface area contributed by atoms with Gasteiger partial charge in [-0.15, -0.1) is 0 Å². The number of likely N-dealkylation sites (N-methyl/N-ethyl adjacent to an activating group) is 1. The van der Waals surface area contributed by atoms with Gasteiger partial charge >= 0.3 is 0 Å². The Morgan fingerprint density at radius 2 is 1.75 bits per heavy atom. The van der Waals surface area contributed by atoms with E-state index in [-0.39, 0.29) is 5.91 Å². The number of rotatable bonds is 7. The van der Waals surface area contributed by atoms with E-state index in [1.165, 1.54) is 5.56 Å². The highest BCUT2D eigenvalue weighted by Crippen LogP contribution is 2.26. The lowest BCUT2D eigenvalue weighted by Crippen LogP contribution is -2.43. The van der Waals surface area contributed by atoms with Gasteiger partial charge in [-0.05, 0) is 62.1 Å². The Morgan fingerprint density at radius 1 is 0.972 bits per heavy atom. The molecule has 36 heavy (non-hydrogen) atoms. The van der Waals surface area contributed by atoms with E-state index in [1.807, 2.05) is 50.8 Å². The Kier molecular flexibility index (Phi) is 7.04. The van der Waals surface area contributed by atoms with Gasteiger partial charge in [0.1, 0.15) is 0 Å². The molecule has 3 aromatic heterocycles. The van der Waals surface area contributed by atoms with E-state index < -0.39 is 0 Å². The van der Waals surface area contributed by atoms with E-state index >= 15 is 0 Å². The van der Waals surface area contributed by atoms with Crippen LogP contribution in [0.1, 0.15) is 21.6 Å². The van der Waals surface area contributed by atoms with Gasteiger partial charge in [-0.2, -0.15) is 5.10 Å². The molecule has 0 unspecified atom stereocenters. The molecule has 1 amide bonds. The van der Waals surface area contributed by atoms with Gasteiger partial charge in [-0.3, -0.25) is 24.8 Å². The Labute approximate surface area is 211 Å². The van der Waals surface area contributed by atoms with E-state index in [2.05, 4.69) is 53.3 Å². The smallest absolute Gasteiger partial charge is 0.276 e. The molecule has 1 aliphatic heterocycles. The van der Waals surface area contributed by atoms with Crippen molar-refractivity contribution in [3.8, 4) is 11.1 Å². The predicted octanol–water partition coefficient (Wildman–Crippen LogP) is 3.08. The first-order valence-electron chi connectivity index (χ1n) is 12.2. The highest BCUT2D eigenvalue weighted by Gasteiger charge is 2.17. The lowest BCUT2D eigenvalue weighted by atomic mass is 10.0. The second-order valence-electron chi connectivity index (χ2n) is 9.77. The number of hydrogen-bond donors (Lipinski definition) is 2. The number of nitrogens with zero attached hydrogens (tertiary/aromatic N) is 6. The number of H-pyrrole nitrogens is 1. The fraction of sp³-hybridized carbons (Fsp3) is 0.333. The topological polar surface area (TPSA) is 93.3 Å². The quantitative estimate of drug-likeness (QED) is 0.416. The second kappa shape index (κ2) is 10.5. The molecular weight excluding hydrogens is 452 g/mol. The summed E-state index contributed by atoms with van der Waals surface area (Å²) < 4.78 is 0. The monoisotopic (exact) mass is 484 g/mol. The number of aromatic nitrogens is 4. The molecule has 1 aromatic carbocycles. The molecule has 2 N–H and O–H groups in total. The van der Waals surface area contributed by atoms with Gasteiger partial charge in [0.2, 0.25) is 0 Å². The van der Waals surface area contributed by atoms with Crippen molar-refractivity contribution in [2.75, 3.05) is 52.6 Å². The molecule has 0 bridgehead atoms. The molecule has 0 aliphatic carbocycles. The van der Waals surface area contributed by atoms with Crippen LogP contribution >= 0.6 is 0 Å². The summed E-state index contributed by atoms with van der Waals surface area (Å²) in [6.45, 7) is 5.93. The number of piperazine rings is 1. The average molecular weight is 485 g/mol. The van der Waals surface area contributed by atoms with Gasteiger partial charge in [-0.25, -0.2) is 0 Å². The Hall–Kier alpha value is -3.66. The fourth-order valence-electron chi connectivity index (χ4n) is 4.56. The molecule has 0 atom stereocenters. The van der Waals surface area contributed by atoms with Crippen LogP contribution in [-0.4, -0.2) is 88.1 Å². The lowest BCUT2D eigenvalue weighted by molar-refractivity contribution is 0.102. The predicted molar refractivity (Wildman–Crippen MR) is 142 cm³/mol. The highest BCUT2D eigenvalue weighted by atomic mass is 16.1. The maximum Gasteiger partial charge on any atom is 0.276 e. The van der Waals surface area contributed by atoms with Crippen LogP contribution in [0.15, 0.2) is 55.1 Å². The number of carbonyl (C=O) groups excluding carboxylic acids is 1. The van der Waals surface area contributed by atoms with E-state index in [4.69, 9.17) is 0 Å². The summed E-state index contributed by atoms with van der Waals surface area (Å²) in [5.41, 5.74) is 6.05. The number of fused-ring (bicyclic) bond motifs is 1. The molecule has 9 heteroatoms. The number of hydrogen-bond acceptors (Lipinski definition) is 7. The van der Waals surface area contributed by atoms with Gasteiger partial charge in [0.15, 0.2) is 5.69 Å². The van der Waals surface area contributed by atoms with Crippen LogP contribution < -0.4 is 5.32 Å². The van der Waals surface area contributed by atoms with Crippen LogP contribution in [0.2, 0.25) is 0 Å². The summed E-state index contributed by atoms with van der Waals surface area (Å²) in [5.74, 6) is -0.274. The number of carbonyl (C=O) groups is 1. The standard InChI is InChI=1S/C27H32N8O/c1-33(2)17-20-11-23(16-29-14-20)30-27(36)26-24-12-21(4-5-25(24)31-32-26)22-10-19(13-28-15-22)18-35-8-6-34(3)7-9-35/h4-5,10-16H,6-9,17-18H2,1-3H3,(H,30,36)(H,31,32). The first-order chi connectivity index (χ1) is 17.4. The van der Waals surface area contributed by atoms with Gasteiger partial charge in [0.05, 0.1) is 17.4 Å². The number of pyridine rings is 2. The van der Waals surface area contributed by atoms with Gasteiger partial charge in [-0.1, -0.05) is 6.07 Å². The van der Waals surface area contributed by atoms with E-state index in [0.29, 0.717) is 11.4 Å². The van der Waals surface area contributed by atoms with Crippen LogP contribution in [0.3, 0.4) is 0 Å². The number of amides is 1. The molecule has 0 radical (unpaired) electrons. The normalized spacial score (nSPS) is 15.0. The summed E-state index contributed by atoms with van der Waals surface area (Å²) >= 11 is 0. The maximum atomic E-state index is 13.1. The Morgan fingerprint density at radius 3 is 2.56 bits per heavy atom. The first-order valence-corrected chi connectivity index (χ1v) is 12.2. The number of anilines is 1. The average Bonchev–Trinajstić information content (AvgIpc) is 3.29. The molecule has 5 rings (SSSR count). The molecule has 4 heterocycles. The summed E-state index contributed by atoms with van der Waals surface area (Å²) in [4.78, 5) is 28.8. The van der Waals surface area contributed by atoms with Crippen molar-refractivity contribution in [1.82, 2.24) is 34.9 Å². The molecule has 186 valence electrons. The highest BCUT2D eigenvalue weighted by molar-refractivity contribution is 6.11. The van der Waals surface area contributed by atoms with Crippen molar-refractivity contribution in [2.24, 2.45) is 0 Å². The van der Waals surface area contributed by atoms with Gasteiger partial charge < -0.3 is 15.1 Å². The summed E-state index contributed by atoms with van der Waals surface area (Å²) in [6.07, 6.45) is 7.26. The summed E-state index contributed by atoms with van der Waals surface area (Å²) in [7, 11) is 6.16. The Balaban J connectivity index is 1.36. The van der Waals surface area contributed by atoms with Crippen molar-refractivity contribution in [2.45, 2.75) is 13.1 Å². The van der Waals surface area contributed by atoms with Crippen molar-refractivity contribution in [3.63, 3.8) is 0 Å². The number of aromatic amines is 1. The third kappa shape index (κ3) is 5.59. The zero-order chi connectivity index (χ0) is 25.1. The SMILES string of the molecule is CN(C)Cc1cncc(NC(=O)c2n[nH]c3ccc(-c4cncc(CN5CCN(C)CC5)c4)cc23)c1. The van der Waals surface area contributed by atoms with Crippen molar-refractivity contribution >= 4 is 22.5 Å². The third-order valence-electron chi connectivity index (χ3n) is 6.46.